The van der Waals surface area contributed by atoms with Crippen LogP contribution in [0, 0.1) is 0 Å². The summed E-state index contributed by atoms with van der Waals surface area (Å²) in [7, 11) is 0. The van der Waals surface area contributed by atoms with Gasteiger partial charge in [-0.15, -0.1) is 0 Å². The first-order valence-electron chi connectivity index (χ1n) is 3.77. The molecule has 13 heavy (non-hydrogen) atoms. The Balaban J connectivity index is 2.84. The number of hydrogen-bond acceptors (Lipinski definition) is 4. The quantitative estimate of drug-likeness (QED) is 0.690. The number of pyridine rings is 1. The molecule has 0 amide bonds. The van der Waals surface area contributed by atoms with Crippen molar-refractivity contribution in [1.29, 1.82) is 0 Å². The van der Waals surface area contributed by atoms with Gasteiger partial charge in [0.15, 0.2) is 11.4 Å². The smallest absolute Gasteiger partial charge is 0.358 e. The molecule has 3 N–H and O–H groups in total. The SMILES string of the molecule is NCCOc1cccnc1C(=O)O. The van der Waals surface area contributed by atoms with Crippen LogP contribution in [0.3, 0.4) is 0 Å². The molecule has 0 unspecified atom stereocenters. The minimum atomic E-state index is -1.10. The summed E-state index contributed by atoms with van der Waals surface area (Å²) in [6.45, 7) is 0.625. The van der Waals surface area contributed by atoms with E-state index < -0.39 is 5.97 Å². The largest absolute Gasteiger partial charge is 0.490 e. The lowest BCUT2D eigenvalue weighted by Gasteiger charge is -2.05. The lowest BCUT2D eigenvalue weighted by atomic mass is 10.3. The number of carboxylic acids is 1. The second-order valence-electron chi connectivity index (χ2n) is 2.29. The monoisotopic (exact) mass is 182 g/mol. The van der Waals surface area contributed by atoms with E-state index >= 15 is 0 Å². The van der Waals surface area contributed by atoms with Crippen LogP contribution in [-0.2, 0) is 0 Å². The highest BCUT2D eigenvalue weighted by Crippen LogP contribution is 2.14. The summed E-state index contributed by atoms with van der Waals surface area (Å²) in [6, 6.07) is 3.16. The minimum Gasteiger partial charge on any atom is -0.490 e. The van der Waals surface area contributed by atoms with Crippen LogP contribution in [0.15, 0.2) is 18.3 Å². The maximum atomic E-state index is 10.6. The second kappa shape index (κ2) is 4.42. The fourth-order valence-electron chi connectivity index (χ4n) is 0.837. The van der Waals surface area contributed by atoms with Crippen LogP contribution in [-0.4, -0.2) is 29.2 Å². The van der Waals surface area contributed by atoms with Crippen molar-refractivity contribution in [2.24, 2.45) is 5.73 Å². The number of ether oxygens (including phenoxy) is 1. The molecule has 0 bridgehead atoms. The van der Waals surface area contributed by atoms with Gasteiger partial charge < -0.3 is 15.6 Å². The van der Waals surface area contributed by atoms with Crippen LogP contribution in [0.5, 0.6) is 5.75 Å². The van der Waals surface area contributed by atoms with Crippen molar-refractivity contribution in [3.05, 3.63) is 24.0 Å². The second-order valence-corrected chi connectivity index (χ2v) is 2.29. The molecule has 0 atom stereocenters. The topological polar surface area (TPSA) is 85.4 Å². The highest BCUT2D eigenvalue weighted by Gasteiger charge is 2.11. The Labute approximate surface area is 75.2 Å². The number of nitrogens with two attached hydrogens (primary N) is 1. The molecular weight excluding hydrogens is 172 g/mol. The van der Waals surface area contributed by atoms with Crippen molar-refractivity contribution in [1.82, 2.24) is 4.98 Å². The first-order valence-corrected chi connectivity index (χ1v) is 3.77. The minimum absolute atomic E-state index is 0.0871. The summed E-state index contributed by atoms with van der Waals surface area (Å²) in [6.07, 6.45) is 1.40. The normalized spacial score (nSPS) is 9.62. The Hall–Kier alpha value is -1.62. The zero-order chi connectivity index (χ0) is 9.68. The summed E-state index contributed by atoms with van der Waals surface area (Å²) >= 11 is 0. The molecule has 70 valence electrons. The standard InChI is InChI=1S/C8H10N2O3/c9-3-5-13-6-2-1-4-10-7(6)8(11)12/h1-2,4H,3,5,9H2,(H,11,12). The van der Waals surface area contributed by atoms with Crippen molar-refractivity contribution in [2.75, 3.05) is 13.2 Å². The predicted molar refractivity (Wildman–Crippen MR) is 45.7 cm³/mol. The fraction of sp³-hybridized carbons (Fsp3) is 0.250. The summed E-state index contributed by atoms with van der Waals surface area (Å²) in [5, 5.41) is 8.69. The number of carbonyl (C=O) groups is 1. The molecule has 0 aromatic carbocycles. The molecular formula is C8H10N2O3. The maximum Gasteiger partial charge on any atom is 0.358 e. The van der Waals surface area contributed by atoms with Crippen LogP contribution in [0.1, 0.15) is 10.5 Å². The van der Waals surface area contributed by atoms with Crippen molar-refractivity contribution >= 4 is 5.97 Å². The third kappa shape index (κ3) is 2.41. The predicted octanol–water partition coefficient (Wildman–Crippen LogP) is 0.117. The Kier molecular flexibility index (Phi) is 3.22. The molecule has 0 spiro atoms. The Morgan fingerprint density at radius 1 is 1.69 bits per heavy atom. The Morgan fingerprint density at radius 2 is 2.46 bits per heavy atom. The molecule has 0 aliphatic heterocycles. The molecule has 5 heteroatoms. The van der Waals surface area contributed by atoms with Crippen LogP contribution < -0.4 is 10.5 Å². The summed E-state index contributed by atoms with van der Waals surface area (Å²) in [5.74, 6) is -0.854. The van der Waals surface area contributed by atoms with Gasteiger partial charge >= 0.3 is 5.97 Å². The fourth-order valence-corrected chi connectivity index (χ4v) is 0.837. The van der Waals surface area contributed by atoms with E-state index in [1.807, 2.05) is 0 Å². The zero-order valence-corrected chi connectivity index (χ0v) is 6.93. The zero-order valence-electron chi connectivity index (χ0n) is 6.93. The van der Waals surface area contributed by atoms with Gasteiger partial charge in [-0.25, -0.2) is 9.78 Å². The average Bonchev–Trinajstić information content (AvgIpc) is 2.15. The highest BCUT2D eigenvalue weighted by atomic mass is 16.5. The van der Waals surface area contributed by atoms with Crippen LogP contribution in [0.25, 0.3) is 0 Å². The molecule has 0 saturated heterocycles. The highest BCUT2D eigenvalue weighted by molar-refractivity contribution is 5.88. The van der Waals surface area contributed by atoms with Gasteiger partial charge in [0.2, 0.25) is 0 Å². The molecule has 0 saturated carbocycles. The molecule has 1 heterocycles. The van der Waals surface area contributed by atoms with Crippen LogP contribution in [0.2, 0.25) is 0 Å². The van der Waals surface area contributed by atoms with E-state index in [0.717, 1.165) is 0 Å². The van der Waals surface area contributed by atoms with Gasteiger partial charge in [-0.2, -0.15) is 0 Å². The van der Waals surface area contributed by atoms with Crippen molar-refractivity contribution < 1.29 is 14.6 Å². The van der Waals surface area contributed by atoms with Gasteiger partial charge in [0.25, 0.3) is 0 Å². The first kappa shape index (κ1) is 9.47. The van der Waals surface area contributed by atoms with Gasteiger partial charge in [-0.05, 0) is 12.1 Å². The number of nitrogens with zero attached hydrogens (tertiary/aromatic N) is 1. The summed E-state index contributed by atoms with van der Waals surface area (Å²) in [5.41, 5.74) is 5.12. The lowest BCUT2D eigenvalue weighted by Crippen LogP contribution is -2.13. The molecule has 5 nitrogen and oxygen atoms in total. The number of carboxylic acid groups (broad SMARTS) is 1. The van der Waals surface area contributed by atoms with E-state index in [0.29, 0.717) is 6.54 Å². The van der Waals surface area contributed by atoms with Crippen LogP contribution >= 0.6 is 0 Å². The Bertz CT molecular complexity index is 301. The van der Waals surface area contributed by atoms with Gasteiger partial charge in [0, 0.05) is 12.7 Å². The molecule has 1 aromatic rings. The van der Waals surface area contributed by atoms with Crippen molar-refractivity contribution in [3.63, 3.8) is 0 Å². The van der Waals surface area contributed by atoms with E-state index in [1.165, 1.54) is 6.20 Å². The molecule has 1 rings (SSSR count). The van der Waals surface area contributed by atoms with E-state index in [2.05, 4.69) is 4.98 Å². The number of aromatic carboxylic acids is 1. The molecule has 0 radical (unpaired) electrons. The molecule has 0 aliphatic rings. The van der Waals surface area contributed by atoms with Crippen LogP contribution in [0.4, 0.5) is 0 Å². The maximum absolute atomic E-state index is 10.6. The summed E-state index contributed by atoms with van der Waals surface area (Å²) in [4.78, 5) is 14.3. The molecule has 1 aromatic heterocycles. The first-order chi connectivity index (χ1) is 6.25. The third-order valence-corrected chi connectivity index (χ3v) is 1.35. The van der Waals surface area contributed by atoms with Gasteiger partial charge in [0.1, 0.15) is 6.61 Å². The van der Waals surface area contributed by atoms with Crippen molar-refractivity contribution in [2.45, 2.75) is 0 Å². The molecule has 0 fully saturated rings. The van der Waals surface area contributed by atoms with E-state index in [4.69, 9.17) is 15.6 Å². The summed E-state index contributed by atoms with van der Waals surface area (Å²) < 4.78 is 5.08. The van der Waals surface area contributed by atoms with E-state index in [-0.39, 0.29) is 18.1 Å². The third-order valence-electron chi connectivity index (χ3n) is 1.35. The van der Waals surface area contributed by atoms with Gasteiger partial charge in [0.05, 0.1) is 0 Å². The lowest BCUT2D eigenvalue weighted by molar-refractivity contribution is 0.0685. The van der Waals surface area contributed by atoms with E-state index in [9.17, 15) is 4.79 Å². The Morgan fingerprint density at radius 3 is 3.08 bits per heavy atom. The molecule has 0 aliphatic carbocycles. The van der Waals surface area contributed by atoms with Gasteiger partial charge in [-0.3, -0.25) is 0 Å². The number of hydrogen-bond donors (Lipinski definition) is 2. The van der Waals surface area contributed by atoms with Gasteiger partial charge in [-0.1, -0.05) is 0 Å². The number of aromatic nitrogens is 1. The van der Waals surface area contributed by atoms with E-state index in [1.54, 1.807) is 12.1 Å². The average molecular weight is 182 g/mol. The number of rotatable bonds is 4. The van der Waals surface area contributed by atoms with Crippen molar-refractivity contribution in [3.8, 4) is 5.75 Å².